The fourth-order valence-electron chi connectivity index (χ4n) is 5.40. The SMILES string of the molecule is CC[C@@H]([C@@H]1O[C@H](CO[Si](C)(C)C(C)(C)C)[C@@H](O[Si](C)(C)C(C)(C)C)C[C@@H]1O[Si](C)(C)C(C)(C)C)[C@H](/C=C/C(=O)OC)OCc1ccc(OC)cc1. The van der Waals surface area contributed by atoms with Crippen LogP contribution in [0.15, 0.2) is 36.4 Å². The molecule has 11 heteroatoms. The van der Waals surface area contributed by atoms with Crippen molar-refractivity contribution in [3.05, 3.63) is 42.0 Å². The number of hydrogen-bond donors (Lipinski definition) is 0. The van der Waals surface area contributed by atoms with Crippen molar-refractivity contribution in [3.8, 4) is 5.75 Å². The van der Waals surface area contributed by atoms with Crippen LogP contribution in [0.25, 0.3) is 0 Å². The molecule has 1 aliphatic rings. The minimum absolute atomic E-state index is 0.00755. The van der Waals surface area contributed by atoms with Crippen molar-refractivity contribution in [2.45, 2.75) is 174 Å². The van der Waals surface area contributed by atoms with Gasteiger partial charge in [0.05, 0.1) is 51.8 Å². The maximum Gasteiger partial charge on any atom is 0.330 e. The Balaban J connectivity index is 2.68. The van der Waals surface area contributed by atoms with E-state index in [4.69, 9.17) is 32.2 Å². The average Bonchev–Trinajstić information content (AvgIpc) is 3.00. The maximum atomic E-state index is 12.4. The van der Waals surface area contributed by atoms with Crippen LogP contribution in [0.4, 0.5) is 0 Å². The van der Waals surface area contributed by atoms with Gasteiger partial charge in [-0.2, -0.15) is 0 Å². The van der Waals surface area contributed by atoms with Gasteiger partial charge in [-0.3, -0.25) is 0 Å². The first kappa shape index (κ1) is 45.8. The van der Waals surface area contributed by atoms with Gasteiger partial charge in [0.25, 0.3) is 0 Å². The van der Waals surface area contributed by atoms with Crippen LogP contribution in [0.3, 0.4) is 0 Å². The Bertz CT molecular complexity index is 1260. The van der Waals surface area contributed by atoms with E-state index in [1.54, 1.807) is 7.11 Å². The van der Waals surface area contributed by atoms with Crippen molar-refractivity contribution in [2.75, 3.05) is 20.8 Å². The predicted octanol–water partition coefficient (Wildman–Crippen LogP) is 10.3. The quantitative estimate of drug-likeness (QED) is 0.0935. The van der Waals surface area contributed by atoms with Gasteiger partial charge in [0, 0.05) is 18.4 Å². The zero-order valence-electron chi connectivity index (χ0n) is 35.5. The van der Waals surface area contributed by atoms with Crippen LogP contribution >= 0.6 is 0 Å². The number of benzene rings is 1. The molecule has 1 aromatic rings. The molecule has 0 N–H and O–H groups in total. The van der Waals surface area contributed by atoms with Gasteiger partial charge in [0.15, 0.2) is 25.0 Å². The molecule has 0 aliphatic carbocycles. The first-order valence-corrected chi connectivity index (χ1v) is 27.6. The van der Waals surface area contributed by atoms with Crippen LogP contribution in [-0.2, 0) is 38.9 Å². The number of methoxy groups -OCH3 is 2. The number of hydrogen-bond acceptors (Lipinski definition) is 8. The lowest BCUT2D eigenvalue weighted by molar-refractivity contribution is -0.198. The second-order valence-corrected chi connectivity index (χ2v) is 33.2. The van der Waals surface area contributed by atoms with Gasteiger partial charge >= 0.3 is 5.97 Å². The van der Waals surface area contributed by atoms with E-state index in [1.165, 1.54) is 13.2 Å². The van der Waals surface area contributed by atoms with Gasteiger partial charge in [-0.1, -0.05) is 81.4 Å². The van der Waals surface area contributed by atoms with Crippen LogP contribution in [0, 0.1) is 5.92 Å². The van der Waals surface area contributed by atoms with Gasteiger partial charge < -0.3 is 32.2 Å². The van der Waals surface area contributed by atoms with E-state index in [0.717, 1.165) is 17.7 Å². The Morgan fingerprint density at radius 1 is 0.824 bits per heavy atom. The minimum Gasteiger partial charge on any atom is -0.497 e. The summed E-state index contributed by atoms with van der Waals surface area (Å²) in [5.74, 6) is 0.224. The van der Waals surface area contributed by atoms with Crippen LogP contribution in [0.5, 0.6) is 5.75 Å². The number of ether oxygens (including phenoxy) is 4. The highest BCUT2D eigenvalue weighted by atomic mass is 28.4. The zero-order chi connectivity index (χ0) is 39.2. The Labute approximate surface area is 315 Å². The monoisotopic (exact) mass is 766 g/mol. The molecule has 8 nitrogen and oxygen atoms in total. The van der Waals surface area contributed by atoms with Crippen molar-refractivity contribution in [1.29, 1.82) is 0 Å². The average molecular weight is 767 g/mol. The highest BCUT2D eigenvalue weighted by Crippen LogP contribution is 2.45. The van der Waals surface area contributed by atoms with E-state index in [-0.39, 0.29) is 45.4 Å². The van der Waals surface area contributed by atoms with Crippen LogP contribution < -0.4 is 4.74 Å². The number of carbonyl (C=O) groups excluding carboxylic acids is 1. The Morgan fingerprint density at radius 2 is 1.33 bits per heavy atom. The molecule has 0 spiro atoms. The number of rotatable bonds is 16. The smallest absolute Gasteiger partial charge is 0.330 e. The van der Waals surface area contributed by atoms with E-state index in [9.17, 15) is 4.79 Å². The van der Waals surface area contributed by atoms with Crippen molar-refractivity contribution >= 4 is 30.9 Å². The predicted molar refractivity (Wildman–Crippen MR) is 217 cm³/mol. The van der Waals surface area contributed by atoms with E-state index in [2.05, 4.69) is 109 Å². The molecular formula is C40H74O8Si3. The Kier molecular flexibility index (Phi) is 16.1. The Hall–Kier alpha value is -1.32. The summed E-state index contributed by atoms with van der Waals surface area (Å²) in [5, 5.41) is 0.0672. The van der Waals surface area contributed by atoms with Gasteiger partial charge in [-0.25, -0.2) is 4.79 Å². The molecular weight excluding hydrogens is 693 g/mol. The van der Waals surface area contributed by atoms with E-state index in [1.807, 2.05) is 30.3 Å². The molecule has 0 unspecified atom stereocenters. The molecule has 0 amide bonds. The van der Waals surface area contributed by atoms with Crippen LogP contribution in [-0.4, -0.2) is 82.3 Å². The topological polar surface area (TPSA) is 81.7 Å². The van der Waals surface area contributed by atoms with Crippen molar-refractivity contribution in [2.24, 2.45) is 5.92 Å². The summed E-state index contributed by atoms with van der Waals surface area (Å²) in [7, 11) is -3.52. The number of carbonyl (C=O) groups is 1. The van der Waals surface area contributed by atoms with Crippen molar-refractivity contribution < 1.29 is 37.0 Å². The van der Waals surface area contributed by atoms with Gasteiger partial charge in [0.2, 0.25) is 0 Å². The molecule has 2 rings (SSSR count). The molecule has 1 heterocycles. The van der Waals surface area contributed by atoms with E-state index < -0.39 is 37.0 Å². The fraction of sp³-hybridized carbons (Fsp3) is 0.775. The van der Waals surface area contributed by atoms with Gasteiger partial charge in [0.1, 0.15) is 11.9 Å². The summed E-state index contributed by atoms with van der Waals surface area (Å²) < 4.78 is 45.9. The standard InChI is InChI=1S/C40H74O8Si3/c1-19-31(32(24-25-36(41)43-12)44-27-29-20-22-30(42-11)23-21-29)37-34(48-51(17,18)40(8,9)10)26-33(47-50(15,16)39(5,6)7)35(46-37)28-45-49(13,14)38(2,3)4/h20-25,31-35,37H,19,26-28H2,1-18H3/b25-24+/t31-,32+,33+,34+,35-,37+/m1/s1. The second kappa shape index (κ2) is 17.9. The molecule has 1 aliphatic heterocycles. The highest BCUT2D eigenvalue weighted by molar-refractivity contribution is 6.75. The zero-order valence-corrected chi connectivity index (χ0v) is 38.5. The summed E-state index contributed by atoms with van der Waals surface area (Å²) in [5.41, 5.74) is 1.00. The molecule has 0 saturated carbocycles. The highest BCUT2D eigenvalue weighted by Gasteiger charge is 2.51. The van der Waals surface area contributed by atoms with Crippen molar-refractivity contribution in [3.63, 3.8) is 0 Å². The third kappa shape index (κ3) is 12.6. The second-order valence-electron chi connectivity index (χ2n) is 18.9. The molecule has 0 bridgehead atoms. The van der Waals surface area contributed by atoms with Gasteiger partial charge in [-0.15, -0.1) is 0 Å². The molecule has 51 heavy (non-hydrogen) atoms. The largest absolute Gasteiger partial charge is 0.497 e. The first-order chi connectivity index (χ1) is 23.2. The molecule has 6 atom stereocenters. The summed E-state index contributed by atoms with van der Waals surface area (Å²) in [4.78, 5) is 12.4. The lowest BCUT2D eigenvalue weighted by Crippen LogP contribution is -2.61. The summed E-state index contributed by atoms with van der Waals surface area (Å²) in [6.07, 6.45) is 3.22. The fourth-order valence-corrected chi connectivity index (χ4v) is 9.11. The molecule has 0 aromatic heterocycles. The molecule has 1 fully saturated rings. The molecule has 294 valence electrons. The lowest BCUT2D eigenvalue weighted by Gasteiger charge is -2.51. The normalized spacial score (nSPS) is 22.5. The summed E-state index contributed by atoms with van der Waals surface area (Å²) >= 11 is 0. The minimum atomic E-state index is -2.26. The third-order valence-corrected chi connectivity index (χ3v) is 25.5. The van der Waals surface area contributed by atoms with Gasteiger partial charge in [-0.05, 0) is 84.6 Å². The maximum absolute atomic E-state index is 12.4. The lowest BCUT2D eigenvalue weighted by atomic mass is 9.84. The van der Waals surface area contributed by atoms with Crippen LogP contribution in [0.1, 0.15) is 87.6 Å². The number of esters is 1. The van der Waals surface area contributed by atoms with Crippen LogP contribution in [0.2, 0.25) is 54.4 Å². The third-order valence-electron chi connectivity index (χ3n) is 12.0. The molecule has 0 radical (unpaired) electrons. The Morgan fingerprint density at radius 3 is 1.78 bits per heavy atom. The summed E-state index contributed by atoms with van der Waals surface area (Å²) in [6.45, 7) is 37.2. The van der Waals surface area contributed by atoms with Crippen molar-refractivity contribution in [1.82, 2.24) is 0 Å². The van der Waals surface area contributed by atoms with E-state index >= 15 is 0 Å². The van der Waals surface area contributed by atoms with E-state index in [0.29, 0.717) is 19.6 Å². The molecule has 1 aromatic carbocycles. The first-order valence-electron chi connectivity index (χ1n) is 18.9. The summed E-state index contributed by atoms with van der Waals surface area (Å²) in [6, 6.07) is 7.85. The molecule has 1 saturated heterocycles.